The largest absolute Gasteiger partial charge is 0.344 e. The van der Waals surface area contributed by atoms with Crippen LogP contribution in [-0.2, 0) is 0 Å². The zero-order valence-corrected chi connectivity index (χ0v) is 12.1. The van der Waals surface area contributed by atoms with Gasteiger partial charge >= 0.3 is 0 Å². The molecule has 1 rings (SSSR count). The number of nitriles is 3. The maximum atomic E-state index is 8.89. The molecule has 0 unspecified atom stereocenters. The van der Waals surface area contributed by atoms with Gasteiger partial charge < -0.3 is 5.32 Å². The van der Waals surface area contributed by atoms with Gasteiger partial charge in [-0.3, -0.25) is 0 Å². The minimum Gasteiger partial charge on any atom is -0.344 e. The number of rotatable bonds is 2. The van der Waals surface area contributed by atoms with Crippen molar-refractivity contribution in [2.24, 2.45) is 0 Å². The lowest BCUT2D eigenvalue weighted by molar-refractivity contribution is 1.36. The fourth-order valence-corrected chi connectivity index (χ4v) is 1.88. The molecule has 0 aliphatic carbocycles. The third-order valence-electron chi connectivity index (χ3n) is 1.80. The SMILES string of the molecule is N#CC(C#N)=C(C#N)Nc1cccc(I)c1Br. The fraction of sp³-hybridized carbons (Fsp3) is 0. The standard InChI is InChI=1S/C11H4BrIN4/c12-11-8(13)2-1-3-9(11)17-10(6-16)7(4-14)5-15/h1-3,17H. The number of hydrogen-bond acceptors (Lipinski definition) is 4. The molecule has 82 valence electrons. The maximum absolute atomic E-state index is 8.89. The predicted octanol–water partition coefficient (Wildman–Crippen LogP) is 3.29. The lowest BCUT2D eigenvalue weighted by atomic mass is 10.2. The molecule has 0 radical (unpaired) electrons. The number of nitrogens with zero attached hydrogens (tertiary/aromatic N) is 3. The molecule has 1 aromatic carbocycles. The van der Waals surface area contributed by atoms with Crippen molar-refractivity contribution in [3.63, 3.8) is 0 Å². The van der Waals surface area contributed by atoms with Crippen molar-refractivity contribution in [3.05, 3.63) is 37.5 Å². The molecule has 0 aliphatic rings. The lowest BCUT2D eigenvalue weighted by Crippen LogP contribution is -2.01. The minimum atomic E-state index is -0.238. The van der Waals surface area contributed by atoms with Crippen LogP contribution >= 0.6 is 38.5 Å². The van der Waals surface area contributed by atoms with Crippen molar-refractivity contribution >= 4 is 44.2 Å². The number of hydrogen-bond donors (Lipinski definition) is 1. The van der Waals surface area contributed by atoms with Crippen LogP contribution in [-0.4, -0.2) is 0 Å². The average Bonchev–Trinajstić information content (AvgIpc) is 2.34. The molecule has 17 heavy (non-hydrogen) atoms. The van der Waals surface area contributed by atoms with E-state index >= 15 is 0 Å². The summed E-state index contributed by atoms with van der Waals surface area (Å²) < 4.78 is 1.74. The fourth-order valence-electron chi connectivity index (χ4n) is 1.02. The van der Waals surface area contributed by atoms with Gasteiger partial charge in [0.1, 0.15) is 23.9 Å². The Morgan fingerprint density at radius 2 is 1.82 bits per heavy atom. The van der Waals surface area contributed by atoms with Gasteiger partial charge in [-0.1, -0.05) is 6.07 Å². The molecule has 1 aromatic rings. The van der Waals surface area contributed by atoms with Gasteiger partial charge in [-0.25, -0.2) is 0 Å². The molecule has 1 N–H and O–H groups in total. The van der Waals surface area contributed by atoms with E-state index in [1.165, 1.54) is 0 Å². The first-order valence-electron chi connectivity index (χ1n) is 4.29. The number of allylic oxidation sites excluding steroid dienone is 2. The summed E-state index contributed by atoms with van der Waals surface area (Å²) in [7, 11) is 0. The number of halogens is 2. The van der Waals surface area contributed by atoms with Crippen LogP contribution in [0.1, 0.15) is 0 Å². The quantitative estimate of drug-likeness (QED) is 0.612. The third-order valence-corrected chi connectivity index (χ3v) is 4.29. The summed E-state index contributed by atoms with van der Waals surface area (Å²) in [6.45, 7) is 0. The third kappa shape index (κ3) is 3.20. The predicted molar refractivity (Wildman–Crippen MR) is 74.3 cm³/mol. The molecule has 0 fully saturated rings. The van der Waals surface area contributed by atoms with Crippen LogP contribution in [0.2, 0.25) is 0 Å². The van der Waals surface area contributed by atoms with Crippen LogP contribution in [0.25, 0.3) is 0 Å². The van der Waals surface area contributed by atoms with Gasteiger partial charge in [0.2, 0.25) is 0 Å². The molecule has 0 aliphatic heterocycles. The highest BCUT2D eigenvalue weighted by Crippen LogP contribution is 2.28. The van der Waals surface area contributed by atoms with E-state index in [-0.39, 0.29) is 11.3 Å². The molecule has 4 nitrogen and oxygen atoms in total. The zero-order chi connectivity index (χ0) is 12.8. The van der Waals surface area contributed by atoms with Gasteiger partial charge in [0.25, 0.3) is 0 Å². The number of anilines is 1. The average molecular weight is 399 g/mol. The number of benzene rings is 1. The second kappa shape index (κ2) is 6.24. The summed E-state index contributed by atoms with van der Waals surface area (Å²) in [5.74, 6) is 0. The van der Waals surface area contributed by atoms with E-state index in [1.807, 2.05) is 12.1 Å². The summed E-state index contributed by atoms with van der Waals surface area (Å²) in [5.41, 5.74) is 0.340. The van der Waals surface area contributed by atoms with Crippen molar-refractivity contribution in [1.29, 1.82) is 15.8 Å². The van der Waals surface area contributed by atoms with Crippen LogP contribution in [0.3, 0.4) is 0 Å². The number of nitrogens with one attached hydrogen (secondary N) is 1. The summed E-state index contributed by atoms with van der Waals surface area (Å²) in [6, 6.07) is 10.6. The van der Waals surface area contributed by atoms with Crippen LogP contribution in [0, 0.1) is 37.6 Å². The molecule has 0 bridgehead atoms. The van der Waals surface area contributed by atoms with Crippen LogP contribution in [0.4, 0.5) is 5.69 Å². The molecule has 0 saturated carbocycles. The van der Waals surface area contributed by atoms with Crippen molar-refractivity contribution < 1.29 is 0 Å². The highest BCUT2D eigenvalue weighted by molar-refractivity contribution is 14.1. The Bertz CT molecular complexity index is 585. The van der Waals surface area contributed by atoms with Gasteiger partial charge in [-0.05, 0) is 50.7 Å². The Balaban J connectivity index is 3.21. The zero-order valence-electron chi connectivity index (χ0n) is 8.33. The monoisotopic (exact) mass is 398 g/mol. The second-order valence-electron chi connectivity index (χ2n) is 2.81. The van der Waals surface area contributed by atoms with E-state index in [4.69, 9.17) is 15.8 Å². The Kier molecular flexibility index (Phi) is 4.96. The lowest BCUT2D eigenvalue weighted by Gasteiger charge is -2.07. The van der Waals surface area contributed by atoms with Crippen LogP contribution < -0.4 is 5.32 Å². The van der Waals surface area contributed by atoms with Gasteiger partial charge in [-0.15, -0.1) is 0 Å². The molecule has 0 atom stereocenters. The molecule has 0 heterocycles. The van der Waals surface area contributed by atoms with Crippen molar-refractivity contribution in [1.82, 2.24) is 0 Å². The molecule has 6 heteroatoms. The van der Waals surface area contributed by atoms with E-state index in [1.54, 1.807) is 24.3 Å². The Labute approximate surface area is 120 Å². The first-order valence-corrected chi connectivity index (χ1v) is 6.16. The van der Waals surface area contributed by atoms with Crippen molar-refractivity contribution in [3.8, 4) is 18.2 Å². The molecule has 0 saturated heterocycles. The topological polar surface area (TPSA) is 83.4 Å². The summed E-state index contributed by atoms with van der Waals surface area (Å²) in [4.78, 5) is 0. The van der Waals surface area contributed by atoms with Crippen molar-refractivity contribution in [2.75, 3.05) is 5.32 Å². The molecule has 0 aromatic heterocycles. The summed E-state index contributed by atoms with van der Waals surface area (Å²) in [6.07, 6.45) is 0. The normalized spacial score (nSPS) is 8.41. The van der Waals surface area contributed by atoms with Crippen molar-refractivity contribution in [2.45, 2.75) is 0 Å². The van der Waals surface area contributed by atoms with Gasteiger partial charge in [0, 0.05) is 3.57 Å². The van der Waals surface area contributed by atoms with Gasteiger partial charge in [0.15, 0.2) is 5.57 Å². The molecular formula is C11H4BrIN4. The molecular weight excluding hydrogens is 395 g/mol. The second-order valence-corrected chi connectivity index (χ2v) is 4.77. The van der Waals surface area contributed by atoms with E-state index in [0.29, 0.717) is 5.69 Å². The summed E-state index contributed by atoms with van der Waals surface area (Å²) in [5, 5.41) is 29.0. The van der Waals surface area contributed by atoms with Gasteiger partial charge in [0.05, 0.1) is 10.2 Å². The van der Waals surface area contributed by atoms with E-state index in [0.717, 1.165) is 8.04 Å². The molecule has 0 amide bonds. The van der Waals surface area contributed by atoms with E-state index < -0.39 is 0 Å². The van der Waals surface area contributed by atoms with Crippen LogP contribution in [0.5, 0.6) is 0 Å². The minimum absolute atomic E-state index is 0.0577. The highest BCUT2D eigenvalue weighted by Gasteiger charge is 2.09. The summed E-state index contributed by atoms with van der Waals surface area (Å²) >= 11 is 5.49. The van der Waals surface area contributed by atoms with E-state index in [9.17, 15) is 0 Å². The van der Waals surface area contributed by atoms with Gasteiger partial charge in [-0.2, -0.15) is 15.8 Å². The highest BCUT2D eigenvalue weighted by atomic mass is 127. The first kappa shape index (κ1) is 13.5. The Morgan fingerprint density at radius 1 is 1.18 bits per heavy atom. The first-order chi connectivity index (χ1) is 8.13. The smallest absolute Gasteiger partial charge is 0.163 e. The molecule has 0 spiro atoms. The van der Waals surface area contributed by atoms with Crippen LogP contribution in [0.15, 0.2) is 33.9 Å². The Hall–Kier alpha value is -1.56. The van der Waals surface area contributed by atoms with E-state index in [2.05, 4.69) is 43.8 Å². The maximum Gasteiger partial charge on any atom is 0.163 e. The Morgan fingerprint density at radius 3 is 2.35 bits per heavy atom.